The summed E-state index contributed by atoms with van der Waals surface area (Å²) in [5, 5.41) is 2.84. The van der Waals surface area contributed by atoms with Crippen LogP contribution in [0, 0.1) is 0 Å². The van der Waals surface area contributed by atoms with Crippen molar-refractivity contribution in [2.75, 3.05) is 0 Å². The quantitative estimate of drug-likeness (QED) is 0.271. The molecule has 0 atom stereocenters. The second-order valence-corrected chi connectivity index (χ2v) is 12.5. The SMILES string of the molecule is CCCc1cc2c(-c3cc(C(C)C)cc(C(C)C)c3)c(CCC)ccc2[cH-]1.[Cl][Zr][Cl]. The molecule has 162 valence electrons. The molecular weight excluding hydrogens is 486 g/mol. The van der Waals surface area contributed by atoms with Crippen molar-refractivity contribution in [3.8, 4) is 11.1 Å². The molecule has 0 heterocycles. The summed E-state index contributed by atoms with van der Waals surface area (Å²) in [6.45, 7) is 13.8. The minimum absolute atomic E-state index is 0.548. The van der Waals surface area contributed by atoms with Gasteiger partial charge in [-0.3, -0.25) is 0 Å². The topological polar surface area (TPSA) is 0 Å². The van der Waals surface area contributed by atoms with E-state index in [1.54, 1.807) is 0 Å². The molecule has 0 N–H and O–H groups in total. The zero-order chi connectivity index (χ0) is 22.3. The van der Waals surface area contributed by atoms with Crippen LogP contribution < -0.4 is 0 Å². The molecule has 0 aliphatic rings. The van der Waals surface area contributed by atoms with Crippen molar-refractivity contribution in [1.82, 2.24) is 0 Å². The molecule has 3 rings (SSSR count). The van der Waals surface area contributed by atoms with Crippen LogP contribution in [-0.4, -0.2) is 0 Å². The molecule has 30 heavy (non-hydrogen) atoms. The van der Waals surface area contributed by atoms with Gasteiger partial charge in [-0.05, 0) is 41.4 Å². The Morgan fingerprint density at radius 2 is 1.40 bits per heavy atom. The van der Waals surface area contributed by atoms with Crippen molar-refractivity contribution in [2.45, 2.75) is 79.1 Å². The first-order chi connectivity index (χ1) is 14.4. The molecule has 3 aromatic rings. The molecular formula is C27H35Cl2Zr-. The first-order valence-electron chi connectivity index (χ1n) is 11.2. The molecule has 0 nitrogen and oxygen atoms in total. The Morgan fingerprint density at radius 1 is 0.833 bits per heavy atom. The van der Waals surface area contributed by atoms with Gasteiger partial charge in [-0.15, -0.1) is 34.5 Å². The van der Waals surface area contributed by atoms with Gasteiger partial charge in [-0.25, -0.2) is 0 Å². The van der Waals surface area contributed by atoms with Gasteiger partial charge in [0.15, 0.2) is 0 Å². The third-order valence-electron chi connectivity index (χ3n) is 5.69. The maximum atomic E-state index is 4.93. The maximum absolute atomic E-state index is 4.93. The molecule has 0 aliphatic heterocycles. The summed E-state index contributed by atoms with van der Waals surface area (Å²) in [5.41, 5.74) is 8.77. The normalized spacial score (nSPS) is 11.1. The van der Waals surface area contributed by atoms with Crippen LogP contribution in [0.3, 0.4) is 0 Å². The Morgan fingerprint density at radius 3 is 1.90 bits per heavy atom. The molecule has 0 aromatic heterocycles. The molecule has 0 radical (unpaired) electrons. The van der Waals surface area contributed by atoms with E-state index < -0.39 is 20.8 Å². The molecule has 0 spiro atoms. The number of benzene rings is 2. The van der Waals surface area contributed by atoms with Gasteiger partial charge in [0.25, 0.3) is 0 Å². The summed E-state index contributed by atoms with van der Waals surface area (Å²) >= 11 is -0.826. The predicted molar refractivity (Wildman–Crippen MR) is 133 cm³/mol. The molecule has 0 aliphatic carbocycles. The van der Waals surface area contributed by atoms with E-state index in [4.69, 9.17) is 17.0 Å². The van der Waals surface area contributed by atoms with Crippen LogP contribution in [0.15, 0.2) is 42.5 Å². The van der Waals surface area contributed by atoms with Crippen LogP contribution in [-0.2, 0) is 33.7 Å². The second-order valence-electron chi connectivity index (χ2n) is 8.74. The molecule has 0 amide bonds. The standard InChI is InChI=1S/C27H35.2ClH.Zr/c1-7-9-20-13-22-12-11-21(10-8-2)27(26(22)14-20)25-16-23(18(3)4)15-24(17-25)19(5)6;;;/h11-19H,7-10H2,1-6H3;2*1H;/q-1;;;+2/p-2. The summed E-state index contributed by atoms with van der Waals surface area (Å²) in [4.78, 5) is 0. The summed E-state index contributed by atoms with van der Waals surface area (Å²) < 4.78 is 0. The van der Waals surface area contributed by atoms with E-state index in [0.29, 0.717) is 11.8 Å². The Kier molecular flexibility index (Phi) is 10.8. The summed E-state index contributed by atoms with van der Waals surface area (Å²) in [5.74, 6) is 1.10. The Hall–Kier alpha value is -0.487. The number of hydrogen-bond acceptors (Lipinski definition) is 0. The fourth-order valence-corrected chi connectivity index (χ4v) is 4.13. The van der Waals surface area contributed by atoms with E-state index in [1.807, 2.05) is 0 Å². The molecule has 0 saturated carbocycles. The van der Waals surface area contributed by atoms with Crippen LogP contribution in [0.4, 0.5) is 0 Å². The van der Waals surface area contributed by atoms with Crippen LogP contribution in [0.5, 0.6) is 0 Å². The van der Waals surface area contributed by atoms with Gasteiger partial charge in [0.05, 0.1) is 0 Å². The number of hydrogen-bond donors (Lipinski definition) is 0. The predicted octanol–water partition coefficient (Wildman–Crippen LogP) is 9.75. The van der Waals surface area contributed by atoms with Crippen molar-refractivity contribution < 1.29 is 20.8 Å². The Balaban J connectivity index is 0.00000101. The summed E-state index contributed by atoms with van der Waals surface area (Å²) in [6.07, 6.45) is 4.69. The van der Waals surface area contributed by atoms with Crippen molar-refractivity contribution in [1.29, 1.82) is 0 Å². The first-order valence-corrected chi connectivity index (χ1v) is 17.5. The van der Waals surface area contributed by atoms with Gasteiger partial charge in [0.2, 0.25) is 0 Å². The van der Waals surface area contributed by atoms with E-state index >= 15 is 0 Å². The molecule has 0 saturated heterocycles. The van der Waals surface area contributed by atoms with Gasteiger partial charge in [0.1, 0.15) is 0 Å². The van der Waals surface area contributed by atoms with E-state index in [0.717, 1.165) is 6.42 Å². The Bertz CT molecular complexity index is 911. The minimum atomic E-state index is -0.826. The Labute approximate surface area is 202 Å². The third kappa shape index (κ3) is 6.51. The fourth-order valence-electron chi connectivity index (χ4n) is 4.13. The van der Waals surface area contributed by atoms with Gasteiger partial charge in [-0.1, -0.05) is 83.7 Å². The first kappa shape index (κ1) is 25.8. The van der Waals surface area contributed by atoms with Gasteiger partial charge in [0, 0.05) is 0 Å². The van der Waals surface area contributed by atoms with Gasteiger partial charge < -0.3 is 0 Å². The van der Waals surface area contributed by atoms with Crippen molar-refractivity contribution in [3.63, 3.8) is 0 Å². The molecule has 0 bridgehead atoms. The number of halogens is 2. The fraction of sp³-hybridized carbons (Fsp3) is 0.444. The van der Waals surface area contributed by atoms with Crippen LogP contribution in [0.1, 0.15) is 88.5 Å². The molecule has 3 heteroatoms. The molecule has 0 fully saturated rings. The monoisotopic (exact) mass is 519 g/mol. The zero-order valence-electron chi connectivity index (χ0n) is 19.3. The van der Waals surface area contributed by atoms with Crippen molar-refractivity contribution in [3.05, 3.63) is 64.7 Å². The van der Waals surface area contributed by atoms with Gasteiger partial charge in [-0.2, -0.15) is 6.07 Å². The number of rotatable bonds is 7. The molecule has 0 unspecified atom stereocenters. The van der Waals surface area contributed by atoms with Crippen molar-refractivity contribution in [2.24, 2.45) is 0 Å². The zero-order valence-corrected chi connectivity index (χ0v) is 23.3. The average molecular weight is 522 g/mol. The van der Waals surface area contributed by atoms with E-state index in [1.165, 1.54) is 63.4 Å². The summed E-state index contributed by atoms with van der Waals surface area (Å²) in [7, 11) is 9.87. The van der Waals surface area contributed by atoms with Crippen molar-refractivity contribution >= 4 is 27.8 Å². The average Bonchev–Trinajstić information content (AvgIpc) is 3.11. The number of aryl methyl sites for hydroxylation is 2. The van der Waals surface area contributed by atoms with E-state index in [2.05, 4.69) is 84.0 Å². The van der Waals surface area contributed by atoms with E-state index in [9.17, 15) is 0 Å². The summed E-state index contributed by atoms with van der Waals surface area (Å²) in [6, 6.07) is 16.8. The van der Waals surface area contributed by atoms with Crippen LogP contribution in [0.2, 0.25) is 0 Å². The van der Waals surface area contributed by atoms with Gasteiger partial charge >= 0.3 is 37.9 Å². The third-order valence-corrected chi connectivity index (χ3v) is 5.69. The molecule has 3 aromatic carbocycles. The second kappa shape index (κ2) is 12.5. The van der Waals surface area contributed by atoms with Crippen LogP contribution >= 0.6 is 17.0 Å². The van der Waals surface area contributed by atoms with E-state index in [-0.39, 0.29) is 0 Å². The van der Waals surface area contributed by atoms with Crippen LogP contribution in [0.25, 0.3) is 21.9 Å². The number of fused-ring (bicyclic) bond motifs is 1.